The molecule has 2 aromatic carbocycles. The molecular formula is C15H13ClF2IN. The van der Waals surface area contributed by atoms with Crippen LogP contribution in [0.25, 0.3) is 0 Å². The van der Waals surface area contributed by atoms with Crippen molar-refractivity contribution in [2.45, 2.75) is 12.5 Å². The van der Waals surface area contributed by atoms with Gasteiger partial charge in [0, 0.05) is 9.61 Å². The predicted molar refractivity (Wildman–Crippen MR) is 86.0 cm³/mol. The molecule has 1 nitrogen and oxygen atoms in total. The monoisotopic (exact) mass is 407 g/mol. The lowest BCUT2D eigenvalue weighted by molar-refractivity contribution is 0.577. The van der Waals surface area contributed by atoms with E-state index in [1.807, 2.05) is 7.05 Å². The number of rotatable bonds is 4. The largest absolute Gasteiger partial charge is 0.313 e. The smallest absolute Gasteiger partial charge is 0.142 e. The second kappa shape index (κ2) is 6.83. The Hall–Kier alpha value is -0.720. The molecular weight excluding hydrogens is 395 g/mol. The Morgan fingerprint density at radius 3 is 2.55 bits per heavy atom. The summed E-state index contributed by atoms with van der Waals surface area (Å²) in [6.45, 7) is 0. The maximum Gasteiger partial charge on any atom is 0.142 e. The minimum absolute atomic E-state index is 0.0110. The topological polar surface area (TPSA) is 12.0 Å². The van der Waals surface area contributed by atoms with Crippen molar-refractivity contribution in [1.29, 1.82) is 0 Å². The molecule has 1 N–H and O–H groups in total. The van der Waals surface area contributed by atoms with Crippen LogP contribution in [-0.2, 0) is 6.42 Å². The highest BCUT2D eigenvalue weighted by Crippen LogP contribution is 2.25. The third-order valence-electron chi connectivity index (χ3n) is 3.11. The fourth-order valence-corrected chi connectivity index (χ4v) is 3.02. The summed E-state index contributed by atoms with van der Waals surface area (Å²) < 4.78 is 27.5. The van der Waals surface area contributed by atoms with Crippen LogP contribution in [0.15, 0.2) is 36.4 Å². The van der Waals surface area contributed by atoms with Gasteiger partial charge in [-0.05, 0) is 71.5 Å². The molecule has 2 rings (SSSR count). The van der Waals surface area contributed by atoms with E-state index in [0.29, 0.717) is 6.42 Å². The Kier molecular flexibility index (Phi) is 5.35. The van der Waals surface area contributed by atoms with E-state index in [-0.39, 0.29) is 16.9 Å². The number of hydrogen-bond acceptors (Lipinski definition) is 1. The Bertz CT molecular complexity index is 619. The summed E-state index contributed by atoms with van der Waals surface area (Å²) in [4.78, 5) is 0. The Balaban J connectivity index is 2.26. The zero-order chi connectivity index (χ0) is 14.7. The van der Waals surface area contributed by atoms with Gasteiger partial charge in [-0.25, -0.2) is 8.78 Å². The van der Waals surface area contributed by atoms with Crippen molar-refractivity contribution in [2.24, 2.45) is 0 Å². The molecule has 106 valence electrons. The lowest BCUT2D eigenvalue weighted by Gasteiger charge is -2.18. The normalized spacial score (nSPS) is 12.4. The fourth-order valence-electron chi connectivity index (χ4n) is 2.05. The summed E-state index contributed by atoms with van der Waals surface area (Å²) in [6, 6.07) is 9.45. The van der Waals surface area contributed by atoms with Gasteiger partial charge in [0.15, 0.2) is 0 Å². The number of halogens is 4. The third kappa shape index (κ3) is 3.68. The van der Waals surface area contributed by atoms with E-state index in [9.17, 15) is 8.78 Å². The minimum Gasteiger partial charge on any atom is -0.313 e. The van der Waals surface area contributed by atoms with E-state index in [4.69, 9.17) is 11.6 Å². The molecule has 0 fully saturated rings. The summed E-state index contributed by atoms with van der Waals surface area (Å²) in [5.74, 6) is -0.682. The summed E-state index contributed by atoms with van der Waals surface area (Å²) in [6.07, 6.45) is 0.603. The highest BCUT2D eigenvalue weighted by Gasteiger charge is 2.14. The molecule has 5 heteroatoms. The zero-order valence-electron chi connectivity index (χ0n) is 10.8. The number of likely N-dealkylation sites (N-methyl/N-ethyl adjacent to an activating group) is 1. The van der Waals surface area contributed by atoms with Crippen LogP contribution in [0.2, 0.25) is 5.02 Å². The average molecular weight is 408 g/mol. The molecule has 2 aromatic rings. The van der Waals surface area contributed by atoms with E-state index >= 15 is 0 Å². The zero-order valence-corrected chi connectivity index (χ0v) is 13.7. The van der Waals surface area contributed by atoms with Gasteiger partial charge < -0.3 is 5.32 Å². The van der Waals surface area contributed by atoms with Crippen molar-refractivity contribution in [3.8, 4) is 0 Å². The molecule has 1 unspecified atom stereocenters. The lowest BCUT2D eigenvalue weighted by Crippen LogP contribution is -2.20. The molecule has 0 heterocycles. The molecule has 20 heavy (non-hydrogen) atoms. The van der Waals surface area contributed by atoms with Gasteiger partial charge in [-0.2, -0.15) is 0 Å². The molecule has 0 spiro atoms. The molecule has 0 aliphatic heterocycles. The highest BCUT2D eigenvalue weighted by atomic mass is 127. The molecule has 0 saturated carbocycles. The van der Waals surface area contributed by atoms with E-state index < -0.39 is 5.82 Å². The summed E-state index contributed by atoms with van der Waals surface area (Å²) >= 11 is 7.78. The number of nitrogens with one attached hydrogen (secondary N) is 1. The van der Waals surface area contributed by atoms with Gasteiger partial charge in [0.1, 0.15) is 11.6 Å². The molecule has 0 amide bonds. The van der Waals surface area contributed by atoms with Crippen LogP contribution in [-0.4, -0.2) is 7.05 Å². The first-order chi connectivity index (χ1) is 9.51. The summed E-state index contributed by atoms with van der Waals surface area (Å²) in [5.41, 5.74) is 1.83. The highest BCUT2D eigenvalue weighted by molar-refractivity contribution is 14.1. The van der Waals surface area contributed by atoms with Gasteiger partial charge in [-0.1, -0.05) is 23.7 Å². The van der Waals surface area contributed by atoms with Crippen molar-refractivity contribution in [1.82, 2.24) is 5.32 Å². The molecule has 0 aliphatic rings. The van der Waals surface area contributed by atoms with Crippen molar-refractivity contribution < 1.29 is 8.78 Å². The molecule has 0 saturated heterocycles. The average Bonchev–Trinajstić information content (AvgIpc) is 2.41. The Morgan fingerprint density at radius 1 is 1.20 bits per heavy atom. The van der Waals surface area contributed by atoms with Gasteiger partial charge in [0.2, 0.25) is 0 Å². The van der Waals surface area contributed by atoms with E-state index in [0.717, 1.165) is 14.7 Å². The Morgan fingerprint density at radius 2 is 1.95 bits per heavy atom. The molecule has 0 bridgehead atoms. The number of benzene rings is 2. The van der Waals surface area contributed by atoms with Crippen LogP contribution < -0.4 is 5.32 Å². The van der Waals surface area contributed by atoms with Gasteiger partial charge >= 0.3 is 0 Å². The lowest BCUT2D eigenvalue weighted by atomic mass is 9.99. The predicted octanol–water partition coefficient (Wildman–Crippen LogP) is 4.73. The maximum atomic E-state index is 13.5. The van der Waals surface area contributed by atoms with Crippen LogP contribution in [0.4, 0.5) is 8.78 Å². The van der Waals surface area contributed by atoms with Gasteiger partial charge in [0.05, 0.1) is 5.02 Å². The first-order valence-electron chi connectivity index (χ1n) is 6.07. The van der Waals surface area contributed by atoms with E-state index in [1.165, 1.54) is 18.2 Å². The third-order valence-corrected chi connectivity index (χ3v) is 4.35. The maximum absolute atomic E-state index is 13.5. The van der Waals surface area contributed by atoms with Crippen molar-refractivity contribution in [3.05, 3.63) is 67.8 Å². The van der Waals surface area contributed by atoms with E-state index in [2.05, 4.69) is 27.9 Å². The van der Waals surface area contributed by atoms with Crippen LogP contribution in [0.3, 0.4) is 0 Å². The quantitative estimate of drug-likeness (QED) is 0.723. The van der Waals surface area contributed by atoms with Gasteiger partial charge in [-0.15, -0.1) is 0 Å². The molecule has 0 aliphatic carbocycles. The minimum atomic E-state index is -0.423. The summed E-state index contributed by atoms with van der Waals surface area (Å²) in [7, 11) is 1.83. The SMILES string of the molecule is CNC(Cc1ccc(Cl)c(F)c1)c1ccc(F)cc1I. The second-order valence-electron chi connectivity index (χ2n) is 4.46. The van der Waals surface area contributed by atoms with Crippen molar-refractivity contribution >= 4 is 34.2 Å². The van der Waals surface area contributed by atoms with E-state index in [1.54, 1.807) is 18.2 Å². The second-order valence-corrected chi connectivity index (χ2v) is 6.03. The number of hydrogen-bond donors (Lipinski definition) is 1. The van der Waals surface area contributed by atoms with Crippen LogP contribution in [0, 0.1) is 15.2 Å². The Labute approximate surface area is 135 Å². The van der Waals surface area contributed by atoms with Gasteiger partial charge in [-0.3, -0.25) is 0 Å². The fraction of sp³-hybridized carbons (Fsp3) is 0.200. The van der Waals surface area contributed by atoms with Crippen LogP contribution in [0.5, 0.6) is 0 Å². The first kappa shape index (κ1) is 15.7. The standard InChI is InChI=1S/C15H13ClF2IN/c1-20-15(11-4-3-10(17)8-14(11)19)7-9-2-5-12(16)13(18)6-9/h2-6,8,15,20H,7H2,1H3. The molecule has 0 aromatic heterocycles. The van der Waals surface area contributed by atoms with Crippen LogP contribution in [0.1, 0.15) is 17.2 Å². The van der Waals surface area contributed by atoms with Gasteiger partial charge in [0.25, 0.3) is 0 Å². The molecule has 1 atom stereocenters. The molecule has 0 radical (unpaired) electrons. The van der Waals surface area contributed by atoms with Crippen LogP contribution >= 0.6 is 34.2 Å². The van der Waals surface area contributed by atoms with Crippen molar-refractivity contribution in [2.75, 3.05) is 7.05 Å². The summed E-state index contributed by atoms with van der Waals surface area (Å²) in [5, 5.41) is 3.30. The first-order valence-corrected chi connectivity index (χ1v) is 7.53. The van der Waals surface area contributed by atoms with Crippen molar-refractivity contribution in [3.63, 3.8) is 0 Å².